The minimum Gasteiger partial charge on any atom is -0.399 e. The number of rotatable bonds is 6. The zero-order valence-electron chi connectivity index (χ0n) is 12.6. The van der Waals surface area contributed by atoms with Crippen molar-refractivity contribution in [2.24, 2.45) is 5.92 Å². The number of anilines is 2. The molecular formula is C15H24ClN3O. The molecule has 0 aliphatic rings. The van der Waals surface area contributed by atoms with Gasteiger partial charge in [-0.2, -0.15) is 0 Å². The average Bonchev–Trinajstić information content (AvgIpc) is 2.31. The highest BCUT2D eigenvalue weighted by atomic mass is 35.5. The minimum atomic E-state index is -0.0639. The lowest BCUT2D eigenvalue weighted by molar-refractivity contribution is -0.117. The maximum atomic E-state index is 12.1. The Labute approximate surface area is 126 Å². The van der Waals surface area contributed by atoms with E-state index in [2.05, 4.69) is 37.9 Å². The molecule has 1 aromatic carbocycles. The van der Waals surface area contributed by atoms with Gasteiger partial charge in [-0.3, -0.25) is 9.69 Å². The maximum absolute atomic E-state index is 12.1. The summed E-state index contributed by atoms with van der Waals surface area (Å²) in [6.45, 7) is 9.71. The van der Waals surface area contributed by atoms with E-state index in [1.165, 1.54) is 0 Å². The lowest BCUT2D eigenvalue weighted by Gasteiger charge is -2.27. The topological polar surface area (TPSA) is 58.4 Å². The van der Waals surface area contributed by atoms with Crippen molar-refractivity contribution in [3.63, 3.8) is 0 Å². The molecule has 1 rings (SSSR count). The summed E-state index contributed by atoms with van der Waals surface area (Å²) in [5, 5.41) is 3.28. The molecule has 0 atom stereocenters. The van der Waals surface area contributed by atoms with Crippen LogP contribution in [0.1, 0.15) is 27.7 Å². The van der Waals surface area contributed by atoms with E-state index in [1.807, 2.05) is 0 Å². The number of nitrogens with zero attached hydrogens (tertiary/aromatic N) is 1. The first-order valence-electron chi connectivity index (χ1n) is 6.88. The monoisotopic (exact) mass is 297 g/mol. The van der Waals surface area contributed by atoms with Gasteiger partial charge in [-0.1, -0.05) is 25.4 Å². The zero-order valence-corrected chi connectivity index (χ0v) is 13.4. The number of nitrogen functional groups attached to an aromatic ring is 1. The van der Waals surface area contributed by atoms with Crippen LogP contribution in [0.3, 0.4) is 0 Å². The van der Waals surface area contributed by atoms with Crippen LogP contribution in [0, 0.1) is 5.92 Å². The number of benzene rings is 1. The Morgan fingerprint density at radius 2 is 2.00 bits per heavy atom. The number of carbonyl (C=O) groups is 1. The normalized spacial score (nSPS) is 11.4. The molecular weight excluding hydrogens is 274 g/mol. The van der Waals surface area contributed by atoms with Crippen molar-refractivity contribution >= 4 is 28.9 Å². The average molecular weight is 298 g/mol. The van der Waals surface area contributed by atoms with E-state index in [9.17, 15) is 4.79 Å². The molecule has 0 fully saturated rings. The van der Waals surface area contributed by atoms with Crippen molar-refractivity contribution in [1.29, 1.82) is 0 Å². The van der Waals surface area contributed by atoms with Crippen LogP contribution in [0.2, 0.25) is 5.02 Å². The highest BCUT2D eigenvalue weighted by molar-refractivity contribution is 6.34. The van der Waals surface area contributed by atoms with E-state index in [4.69, 9.17) is 17.3 Å². The standard InChI is InChI=1S/C15H24ClN3O/c1-10(2)8-19(11(3)4)9-15(20)18-14-6-5-12(17)7-13(14)16/h5-7,10-11H,8-9,17H2,1-4H3,(H,18,20). The molecule has 1 amide bonds. The van der Waals surface area contributed by atoms with Gasteiger partial charge in [0.25, 0.3) is 0 Å². The summed E-state index contributed by atoms with van der Waals surface area (Å²) in [5.41, 5.74) is 6.80. The van der Waals surface area contributed by atoms with Gasteiger partial charge in [0.15, 0.2) is 0 Å². The Kier molecular flexibility index (Phi) is 6.30. The van der Waals surface area contributed by atoms with Crippen LogP contribution < -0.4 is 11.1 Å². The largest absolute Gasteiger partial charge is 0.399 e. The Morgan fingerprint density at radius 1 is 1.35 bits per heavy atom. The second kappa shape index (κ2) is 7.50. The van der Waals surface area contributed by atoms with Crippen LogP contribution in [0.5, 0.6) is 0 Å². The molecule has 0 unspecified atom stereocenters. The number of hydrogen-bond donors (Lipinski definition) is 2. The molecule has 0 aliphatic carbocycles. The second-order valence-corrected chi connectivity index (χ2v) is 6.11. The molecule has 0 heterocycles. The fourth-order valence-corrected chi connectivity index (χ4v) is 2.17. The molecule has 3 N–H and O–H groups in total. The van der Waals surface area contributed by atoms with Crippen LogP contribution in [-0.2, 0) is 4.79 Å². The van der Waals surface area contributed by atoms with Crippen molar-refractivity contribution in [1.82, 2.24) is 4.90 Å². The summed E-state index contributed by atoms with van der Waals surface area (Å²) in [5.74, 6) is 0.455. The Bertz CT molecular complexity index is 460. The molecule has 5 heteroatoms. The SMILES string of the molecule is CC(C)CN(CC(=O)Nc1ccc(N)cc1Cl)C(C)C. The summed E-state index contributed by atoms with van der Waals surface area (Å²) in [4.78, 5) is 14.2. The first kappa shape index (κ1) is 16.8. The van der Waals surface area contributed by atoms with Gasteiger partial charge in [0.05, 0.1) is 17.3 Å². The number of hydrogen-bond acceptors (Lipinski definition) is 3. The van der Waals surface area contributed by atoms with Crippen molar-refractivity contribution in [2.75, 3.05) is 24.1 Å². The van der Waals surface area contributed by atoms with E-state index in [-0.39, 0.29) is 5.91 Å². The van der Waals surface area contributed by atoms with Gasteiger partial charge in [-0.25, -0.2) is 0 Å². The molecule has 4 nitrogen and oxygen atoms in total. The smallest absolute Gasteiger partial charge is 0.238 e. The predicted molar refractivity (Wildman–Crippen MR) is 86.0 cm³/mol. The van der Waals surface area contributed by atoms with Gasteiger partial charge in [-0.15, -0.1) is 0 Å². The quantitative estimate of drug-likeness (QED) is 0.793. The van der Waals surface area contributed by atoms with E-state index in [0.29, 0.717) is 34.9 Å². The van der Waals surface area contributed by atoms with E-state index in [1.54, 1.807) is 18.2 Å². The molecule has 1 aromatic rings. The zero-order chi connectivity index (χ0) is 15.3. The summed E-state index contributed by atoms with van der Waals surface area (Å²) in [6.07, 6.45) is 0. The fourth-order valence-electron chi connectivity index (χ4n) is 1.93. The molecule has 112 valence electrons. The van der Waals surface area contributed by atoms with Gasteiger partial charge in [0.2, 0.25) is 5.91 Å². The predicted octanol–water partition coefficient (Wildman–Crippen LogP) is 3.23. The Hall–Kier alpha value is -1.26. The molecule has 0 aromatic heterocycles. The molecule has 0 radical (unpaired) electrons. The van der Waals surface area contributed by atoms with Crippen LogP contribution in [0.15, 0.2) is 18.2 Å². The van der Waals surface area contributed by atoms with Gasteiger partial charge < -0.3 is 11.1 Å². The molecule has 0 bridgehead atoms. The third kappa shape index (κ3) is 5.39. The summed E-state index contributed by atoms with van der Waals surface area (Å²) >= 11 is 6.05. The summed E-state index contributed by atoms with van der Waals surface area (Å²) < 4.78 is 0. The van der Waals surface area contributed by atoms with Crippen LogP contribution in [0.25, 0.3) is 0 Å². The van der Waals surface area contributed by atoms with Crippen LogP contribution >= 0.6 is 11.6 Å². The number of halogens is 1. The molecule has 0 saturated carbocycles. The highest BCUT2D eigenvalue weighted by Gasteiger charge is 2.16. The minimum absolute atomic E-state index is 0.0639. The molecule has 0 saturated heterocycles. The van der Waals surface area contributed by atoms with Crippen molar-refractivity contribution < 1.29 is 4.79 Å². The lowest BCUT2D eigenvalue weighted by Crippen LogP contribution is -2.40. The number of nitrogens with one attached hydrogen (secondary N) is 1. The third-order valence-electron chi connectivity index (χ3n) is 2.94. The van der Waals surface area contributed by atoms with Gasteiger partial charge in [0.1, 0.15) is 0 Å². The van der Waals surface area contributed by atoms with Gasteiger partial charge in [0, 0.05) is 18.3 Å². The van der Waals surface area contributed by atoms with Crippen LogP contribution in [0.4, 0.5) is 11.4 Å². The third-order valence-corrected chi connectivity index (χ3v) is 3.26. The second-order valence-electron chi connectivity index (χ2n) is 5.70. The number of amides is 1. The van der Waals surface area contributed by atoms with Crippen molar-refractivity contribution in [2.45, 2.75) is 33.7 Å². The molecule has 0 spiro atoms. The molecule has 0 aliphatic heterocycles. The van der Waals surface area contributed by atoms with Gasteiger partial charge in [-0.05, 0) is 38.0 Å². The first-order valence-corrected chi connectivity index (χ1v) is 7.26. The molecule has 20 heavy (non-hydrogen) atoms. The Balaban J connectivity index is 2.65. The maximum Gasteiger partial charge on any atom is 0.238 e. The summed E-state index contributed by atoms with van der Waals surface area (Å²) in [7, 11) is 0. The van der Waals surface area contributed by atoms with Crippen molar-refractivity contribution in [3.05, 3.63) is 23.2 Å². The first-order chi connectivity index (χ1) is 9.29. The van der Waals surface area contributed by atoms with Crippen molar-refractivity contribution in [3.8, 4) is 0 Å². The highest BCUT2D eigenvalue weighted by Crippen LogP contribution is 2.24. The van der Waals surface area contributed by atoms with E-state index >= 15 is 0 Å². The number of carbonyl (C=O) groups excluding carboxylic acids is 1. The number of nitrogens with two attached hydrogens (primary N) is 1. The lowest BCUT2D eigenvalue weighted by atomic mass is 10.2. The van der Waals surface area contributed by atoms with E-state index < -0.39 is 0 Å². The Morgan fingerprint density at radius 3 is 2.50 bits per heavy atom. The van der Waals surface area contributed by atoms with Crippen LogP contribution in [-0.4, -0.2) is 29.9 Å². The van der Waals surface area contributed by atoms with E-state index in [0.717, 1.165) is 6.54 Å². The summed E-state index contributed by atoms with van der Waals surface area (Å²) in [6, 6.07) is 5.39. The van der Waals surface area contributed by atoms with Gasteiger partial charge >= 0.3 is 0 Å². The fraction of sp³-hybridized carbons (Fsp3) is 0.533.